The molecule has 3 heterocycles. The third kappa shape index (κ3) is 9.14. The van der Waals surface area contributed by atoms with E-state index in [0.717, 1.165) is 31.2 Å². The van der Waals surface area contributed by atoms with Crippen LogP contribution in [0.1, 0.15) is 90.3 Å². The van der Waals surface area contributed by atoms with Crippen molar-refractivity contribution >= 4 is 44.9 Å². The third-order valence-corrected chi connectivity index (χ3v) is 15.7. The van der Waals surface area contributed by atoms with Gasteiger partial charge in [-0.3, -0.25) is 19.1 Å². The van der Waals surface area contributed by atoms with Crippen LogP contribution in [0.15, 0.2) is 48.5 Å². The molecule has 4 amide bonds. The second-order valence-corrected chi connectivity index (χ2v) is 21.4. The van der Waals surface area contributed by atoms with Crippen LogP contribution >= 0.6 is 0 Å². The van der Waals surface area contributed by atoms with E-state index in [0.29, 0.717) is 35.3 Å². The smallest absolute Gasteiger partial charge is 0.408 e. The molecule has 8 rings (SSSR count). The van der Waals surface area contributed by atoms with Gasteiger partial charge in [0.05, 0.1) is 35.4 Å². The number of nitrogens with one attached hydrogen (secondary N) is 3. The molecule has 3 saturated carbocycles. The normalized spacial score (nSPS) is 29.5. The number of ether oxygens (including phenoxy) is 3. The summed E-state index contributed by atoms with van der Waals surface area (Å²) in [6.45, 7) is 6.50. The molecule has 340 valence electrons. The Morgan fingerprint density at radius 2 is 1.76 bits per heavy atom. The Labute approximate surface area is 365 Å². The lowest BCUT2D eigenvalue weighted by Gasteiger charge is -2.36. The van der Waals surface area contributed by atoms with Crippen LogP contribution in [-0.2, 0) is 42.0 Å². The van der Waals surface area contributed by atoms with Gasteiger partial charge in [0.15, 0.2) is 0 Å². The van der Waals surface area contributed by atoms with Gasteiger partial charge in [-0.2, -0.15) is 0 Å². The number of amides is 4. The molecule has 8 unspecified atom stereocenters. The van der Waals surface area contributed by atoms with Gasteiger partial charge in [-0.05, 0) is 87.3 Å². The van der Waals surface area contributed by atoms with Crippen LogP contribution < -0.4 is 24.8 Å². The Hall–Kier alpha value is -5.13. The van der Waals surface area contributed by atoms with Gasteiger partial charge in [0.1, 0.15) is 41.3 Å². The fourth-order valence-corrected chi connectivity index (χ4v) is 10.4. The minimum absolute atomic E-state index is 0.139. The molecule has 3 aliphatic carbocycles. The maximum absolute atomic E-state index is 15.2. The first-order valence-corrected chi connectivity index (χ1v) is 23.3. The molecule has 4 fully saturated rings. The summed E-state index contributed by atoms with van der Waals surface area (Å²) in [6.07, 6.45) is -0.397. The minimum atomic E-state index is -4.28. The number of nitrogens with zero attached hydrogens (tertiary/aromatic N) is 3. The Balaban J connectivity index is 1.23. The highest BCUT2D eigenvalue weighted by molar-refractivity contribution is 7.91. The summed E-state index contributed by atoms with van der Waals surface area (Å²) < 4.78 is 74.5. The number of methoxy groups -OCH3 is 1. The number of rotatable bonds is 9. The standard InChI is InChI=1S/C45H56F2N6O9S/c1-43(2,3)36-40(55)53-24-34(61-39-31(48-30-17-16-27(60-5)22-32(30)49-39)15-11-7-10-14-26-21-33(26)62-42(57)50-36)28(20-25-12-8-6-9-13-25)35(53)38(54)51-45(23-29(45)37(46)47)41(56)52-63(58,59)44(4)18-19-44/h6,8-9,12-13,16-17,22,26,28-29,33-37H,7,10-11,14-15,18-21,23-24H2,1-5H3,(H,50,57)(H,51,54)(H,52,56). The van der Waals surface area contributed by atoms with Gasteiger partial charge in [0, 0.05) is 12.0 Å². The van der Waals surface area contributed by atoms with Crippen molar-refractivity contribution in [2.75, 3.05) is 13.7 Å². The number of hydrogen-bond donors (Lipinski definition) is 3. The van der Waals surface area contributed by atoms with E-state index in [1.165, 1.54) is 18.9 Å². The topological polar surface area (TPSA) is 195 Å². The zero-order chi connectivity index (χ0) is 45.1. The molecule has 3 N–H and O–H groups in total. The van der Waals surface area contributed by atoms with Gasteiger partial charge < -0.3 is 29.7 Å². The van der Waals surface area contributed by atoms with E-state index in [1.54, 1.807) is 32.9 Å². The summed E-state index contributed by atoms with van der Waals surface area (Å²) in [4.78, 5) is 68.9. The second-order valence-electron chi connectivity index (χ2n) is 19.2. The van der Waals surface area contributed by atoms with Crippen molar-refractivity contribution in [2.45, 2.75) is 133 Å². The molecular weight excluding hydrogens is 839 g/mol. The molecule has 63 heavy (non-hydrogen) atoms. The maximum Gasteiger partial charge on any atom is 0.408 e. The highest BCUT2D eigenvalue weighted by Gasteiger charge is 2.68. The van der Waals surface area contributed by atoms with E-state index in [2.05, 4.69) is 10.6 Å². The van der Waals surface area contributed by atoms with E-state index in [9.17, 15) is 26.8 Å². The first-order valence-electron chi connectivity index (χ1n) is 21.8. The van der Waals surface area contributed by atoms with E-state index in [4.69, 9.17) is 24.2 Å². The van der Waals surface area contributed by atoms with Crippen molar-refractivity contribution < 1.29 is 50.6 Å². The number of benzene rings is 2. The number of aryl methyl sites for hydroxylation is 1. The maximum atomic E-state index is 15.2. The van der Waals surface area contributed by atoms with Crippen LogP contribution in [0, 0.1) is 23.2 Å². The number of carbonyl (C=O) groups is 4. The molecule has 0 spiro atoms. The van der Waals surface area contributed by atoms with Gasteiger partial charge in [0.25, 0.3) is 5.91 Å². The summed E-state index contributed by atoms with van der Waals surface area (Å²) in [6, 6.07) is 11.8. The van der Waals surface area contributed by atoms with Crippen LogP contribution in [0.2, 0.25) is 0 Å². The van der Waals surface area contributed by atoms with Crippen molar-refractivity contribution in [1.82, 2.24) is 30.2 Å². The van der Waals surface area contributed by atoms with E-state index < -0.39 is 92.4 Å². The number of carbonyl (C=O) groups excluding carboxylic acids is 4. The van der Waals surface area contributed by atoms with Crippen LogP contribution in [0.3, 0.4) is 0 Å². The number of halogens is 2. The SMILES string of the molecule is COc1ccc2nc3c(nc2c1)OC1CN(C(=O)C(C(C)(C)C)NC(=O)OC2CC2CCCCC3)C(C(=O)NC2(C(=O)NS(=O)(=O)C3(C)CC3)CC2C(F)F)C1Cc1ccccc1. The molecule has 5 aliphatic rings. The number of aromatic nitrogens is 2. The summed E-state index contributed by atoms with van der Waals surface area (Å²) in [5.41, 5.74) is -0.788. The van der Waals surface area contributed by atoms with Crippen molar-refractivity contribution in [3.8, 4) is 11.6 Å². The average molecular weight is 895 g/mol. The lowest BCUT2D eigenvalue weighted by Crippen LogP contribution is -2.61. The first kappa shape index (κ1) is 44.5. The van der Waals surface area contributed by atoms with Crippen LogP contribution in [0.4, 0.5) is 13.6 Å². The highest BCUT2D eigenvalue weighted by atomic mass is 32.2. The van der Waals surface area contributed by atoms with Gasteiger partial charge in [0.2, 0.25) is 34.1 Å². The van der Waals surface area contributed by atoms with Crippen molar-refractivity contribution in [3.63, 3.8) is 0 Å². The van der Waals surface area contributed by atoms with Gasteiger partial charge >= 0.3 is 6.09 Å². The minimum Gasteiger partial charge on any atom is -0.497 e. The van der Waals surface area contributed by atoms with Gasteiger partial charge in [-0.15, -0.1) is 0 Å². The molecule has 0 radical (unpaired) electrons. The van der Waals surface area contributed by atoms with E-state index in [-0.39, 0.29) is 43.7 Å². The predicted molar refractivity (Wildman–Crippen MR) is 226 cm³/mol. The summed E-state index contributed by atoms with van der Waals surface area (Å²) in [5.74, 6) is -4.57. The lowest BCUT2D eigenvalue weighted by molar-refractivity contribution is -0.144. The average Bonchev–Trinajstić information content (AvgIpc) is 4.18. The molecule has 1 saturated heterocycles. The molecule has 2 aromatic carbocycles. The third-order valence-electron chi connectivity index (χ3n) is 13.5. The van der Waals surface area contributed by atoms with E-state index in [1.807, 2.05) is 41.1 Å². The number of alkyl halides is 2. The largest absolute Gasteiger partial charge is 0.497 e. The Morgan fingerprint density at radius 1 is 1.02 bits per heavy atom. The molecule has 2 bridgehead atoms. The van der Waals surface area contributed by atoms with Crippen LogP contribution in [0.5, 0.6) is 11.6 Å². The number of sulfonamides is 1. The van der Waals surface area contributed by atoms with Crippen molar-refractivity contribution in [3.05, 3.63) is 59.8 Å². The highest BCUT2D eigenvalue weighted by Crippen LogP contribution is 2.50. The Kier molecular flexibility index (Phi) is 11.8. The zero-order valence-corrected chi connectivity index (χ0v) is 37.0. The molecule has 1 aromatic heterocycles. The fraction of sp³-hybridized carbons (Fsp3) is 0.600. The summed E-state index contributed by atoms with van der Waals surface area (Å²) in [7, 11) is -2.74. The molecule has 3 aromatic rings. The number of alkyl carbamates (subject to hydrolysis) is 1. The Bertz CT molecular complexity index is 2380. The zero-order valence-electron chi connectivity index (χ0n) is 36.2. The van der Waals surface area contributed by atoms with Gasteiger partial charge in [-0.1, -0.05) is 63.9 Å². The van der Waals surface area contributed by atoms with Crippen LogP contribution in [-0.4, -0.2) is 102 Å². The van der Waals surface area contributed by atoms with Gasteiger partial charge in [-0.25, -0.2) is 32.0 Å². The molecule has 2 aliphatic heterocycles. The Morgan fingerprint density at radius 3 is 2.43 bits per heavy atom. The van der Waals surface area contributed by atoms with Crippen molar-refractivity contribution in [1.29, 1.82) is 0 Å². The summed E-state index contributed by atoms with van der Waals surface area (Å²) >= 11 is 0. The molecule has 18 heteroatoms. The predicted octanol–water partition coefficient (Wildman–Crippen LogP) is 5.24. The molecule has 8 atom stereocenters. The molecule has 15 nitrogen and oxygen atoms in total. The number of fused-ring (bicyclic) bond motifs is 5. The van der Waals surface area contributed by atoms with E-state index >= 15 is 9.59 Å². The van der Waals surface area contributed by atoms with Crippen LogP contribution in [0.25, 0.3) is 11.0 Å². The lowest BCUT2D eigenvalue weighted by atomic mass is 9.85. The monoisotopic (exact) mass is 894 g/mol. The summed E-state index contributed by atoms with van der Waals surface area (Å²) in [5, 5.41) is 5.34. The molecular formula is C45H56F2N6O9S. The second kappa shape index (κ2) is 16.8. The fourth-order valence-electron chi connectivity index (χ4n) is 9.05. The number of hydrogen-bond acceptors (Lipinski definition) is 11. The van der Waals surface area contributed by atoms with Crippen molar-refractivity contribution in [2.24, 2.45) is 23.2 Å². The first-order chi connectivity index (χ1) is 29.8. The quantitative estimate of drug-likeness (QED) is 0.254.